The molecule has 0 fully saturated rings. The second-order valence-electron chi connectivity index (χ2n) is 4.33. The summed E-state index contributed by atoms with van der Waals surface area (Å²) in [6.45, 7) is 3.88. The van der Waals surface area contributed by atoms with E-state index in [1.54, 1.807) is 0 Å². The summed E-state index contributed by atoms with van der Waals surface area (Å²) in [5, 5.41) is 8.27. The molecule has 0 aliphatic carbocycles. The van der Waals surface area contributed by atoms with E-state index in [4.69, 9.17) is 11.6 Å². The van der Waals surface area contributed by atoms with E-state index >= 15 is 0 Å². The summed E-state index contributed by atoms with van der Waals surface area (Å²) in [7, 11) is 1.92. The van der Waals surface area contributed by atoms with Crippen molar-refractivity contribution in [2.75, 3.05) is 7.05 Å². The fourth-order valence-electron chi connectivity index (χ4n) is 1.94. The fraction of sp³-hybridized carbons (Fsp3) is 0.357. The average Bonchev–Trinajstić information content (AvgIpc) is 2.81. The molecule has 0 atom stereocenters. The van der Waals surface area contributed by atoms with E-state index in [2.05, 4.69) is 29.6 Å². The van der Waals surface area contributed by atoms with Crippen LogP contribution in [0.4, 0.5) is 0 Å². The Bertz CT molecular complexity index is 520. The van der Waals surface area contributed by atoms with Crippen LogP contribution in [0.3, 0.4) is 0 Å². The molecule has 0 radical (unpaired) electrons. The standard InChI is InChI=1S/C14H18ClN3/c1-3-6-18-10-13(9-17-18)11-4-5-14(15)12(7-11)8-16-2/h4-5,7,9-10,16H,3,6,8H2,1-2H3. The zero-order valence-corrected chi connectivity index (χ0v) is 11.5. The number of rotatable bonds is 5. The molecule has 0 aliphatic rings. The third kappa shape index (κ3) is 2.92. The molecule has 1 heterocycles. The van der Waals surface area contributed by atoms with E-state index in [9.17, 15) is 0 Å². The van der Waals surface area contributed by atoms with Gasteiger partial charge in [-0.25, -0.2) is 0 Å². The highest BCUT2D eigenvalue weighted by molar-refractivity contribution is 6.31. The quantitative estimate of drug-likeness (QED) is 0.897. The molecule has 0 aliphatic heterocycles. The third-order valence-corrected chi connectivity index (χ3v) is 3.20. The lowest BCUT2D eigenvalue weighted by Crippen LogP contribution is -2.05. The lowest BCUT2D eigenvalue weighted by atomic mass is 10.1. The van der Waals surface area contributed by atoms with Gasteiger partial charge in [-0.2, -0.15) is 5.10 Å². The van der Waals surface area contributed by atoms with Crippen LogP contribution in [-0.2, 0) is 13.1 Å². The molecule has 1 aromatic carbocycles. The van der Waals surface area contributed by atoms with Gasteiger partial charge in [-0.3, -0.25) is 4.68 Å². The number of benzene rings is 1. The number of halogens is 1. The van der Waals surface area contributed by atoms with Crippen molar-refractivity contribution >= 4 is 11.6 Å². The third-order valence-electron chi connectivity index (χ3n) is 2.83. The normalized spacial score (nSPS) is 10.8. The van der Waals surface area contributed by atoms with Gasteiger partial charge in [0.05, 0.1) is 6.20 Å². The molecule has 2 rings (SSSR count). The van der Waals surface area contributed by atoms with E-state index in [-0.39, 0.29) is 0 Å². The molecule has 0 bridgehead atoms. The fourth-order valence-corrected chi connectivity index (χ4v) is 2.13. The van der Waals surface area contributed by atoms with E-state index in [0.717, 1.165) is 41.2 Å². The maximum atomic E-state index is 6.16. The number of aryl methyl sites for hydroxylation is 1. The van der Waals surface area contributed by atoms with Gasteiger partial charge in [0, 0.05) is 29.9 Å². The van der Waals surface area contributed by atoms with Gasteiger partial charge in [-0.05, 0) is 36.7 Å². The minimum Gasteiger partial charge on any atom is -0.316 e. The lowest BCUT2D eigenvalue weighted by molar-refractivity contribution is 0.603. The van der Waals surface area contributed by atoms with E-state index in [1.807, 2.05) is 30.1 Å². The Hall–Kier alpha value is -1.32. The van der Waals surface area contributed by atoms with Gasteiger partial charge in [-0.15, -0.1) is 0 Å². The molecule has 1 N–H and O–H groups in total. The highest BCUT2D eigenvalue weighted by Crippen LogP contribution is 2.25. The predicted octanol–water partition coefficient (Wildman–Crippen LogP) is 3.33. The zero-order chi connectivity index (χ0) is 13.0. The monoisotopic (exact) mass is 263 g/mol. The Labute approximate surface area is 113 Å². The summed E-state index contributed by atoms with van der Waals surface area (Å²) in [6, 6.07) is 6.10. The van der Waals surface area contributed by atoms with E-state index in [1.165, 1.54) is 0 Å². The zero-order valence-electron chi connectivity index (χ0n) is 10.8. The largest absolute Gasteiger partial charge is 0.316 e. The minimum atomic E-state index is 0.774. The Morgan fingerprint density at radius 3 is 2.89 bits per heavy atom. The van der Waals surface area contributed by atoms with Gasteiger partial charge in [0.1, 0.15) is 0 Å². The van der Waals surface area contributed by atoms with Gasteiger partial charge in [-0.1, -0.05) is 24.6 Å². The first-order valence-electron chi connectivity index (χ1n) is 6.20. The minimum absolute atomic E-state index is 0.774. The molecule has 18 heavy (non-hydrogen) atoms. The summed E-state index contributed by atoms with van der Waals surface area (Å²) in [5.74, 6) is 0. The van der Waals surface area contributed by atoms with Crippen molar-refractivity contribution in [2.45, 2.75) is 26.4 Å². The van der Waals surface area contributed by atoms with Crippen LogP contribution in [0.5, 0.6) is 0 Å². The first-order chi connectivity index (χ1) is 8.74. The van der Waals surface area contributed by atoms with Gasteiger partial charge >= 0.3 is 0 Å². The molecule has 0 saturated carbocycles. The number of hydrogen-bond donors (Lipinski definition) is 1. The maximum Gasteiger partial charge on any atom is 0.0568 e. The number of hydrogen-bond acceptors (Lipinski definition) is 2. The first-order valence-corrected chi connectivity index (χ1v) is 6.58. The molecule has 0 amide bonds. The van der Waals surface area contributed by atoms with Crippen LogP contribution in [-0.4, -0.2) is 16.8 Å². The predicted molar refractivity (Wildman–Crippen MR) is 75.7 cm³/mol. The SMILES string of the molecule is CCCn1cc(-c2ccc(Cl)c(CNC)c2)cn1. The molecule has 0 saturated heterocycles. The van der Waals surface area contributed by atoms with E-state index in [0.29, 0.717) is 0 Å². The highest BCUT2D eigenvalue weighted by atomic mass is 35.5. The van der Waals surface area contributed by atoms with Crippen molar-refractivity contribution in [3.63, 3.8) is 0 Å². The number of nitrogens with zero attached hydrogens (tertiary/aromatic N) is 2. The summed E-state index contributed by atoms with van der Waals surface area (Å²) in [6.07, 6.45) is 5.07. The van der Waals surface area contributed by atoms with Gasteiger partial charge in [0.2, 0.25) is 0 Å². The topological polar surface area (TPSA) is 29.9 Å². The van der Waals surface area contributed by atoms with Crippen LogP contribution in [0, 0.1) is 0 Å². The summed E-state index contributed by atoms with van der Waals surface area (Å²) in [4.78, 5) is 0. The molecule has 3 nitrogen and oxygen atoms in total. The average molecular weight is 264 g/mol. The first kappa shape index (κ1) is 13.1. The number of aromatic nitrogens is 2. The van der Waals surface area contributed by atoms with Crippen LogP contribution >= 0.6 is 11.6 Å². The van der Waals surface area contributed by atoms with Crippen molar-refractivity contribution in [3.05, 3.63) is 41.2 Å². The molecule has 2 aromatic rings. The van der Waals surface area contributed by atoms with Crippen molar-refractivity contribution in [3.8, 4) is 11.1 Å². The second-order valence-corrected chi connectivity index (χ2v) is 4.74. The summed E-state index contributed by atoms with van der Waals surface area (Å²) < 4.78 is 1.97. The smallest absolute Gasteiger partial charge is 0.0568 e. The molecular weight excluding hydrogens is 246 g/mol. The van der Waals surface area contributed by atoms with Crippen LogP contribution < -0.4 is 5.32 Å². The molecule has 96 valence electrons. The van der Waals surface area contributed by atoms with Gasteiger partial charge in [0.25, 0.3) is 0 Å². The Morgan fingerprint density at radius 2 is 2.17 bits per heavy atom. The highest BCUT2D eigenvalue weighted by Gasteiger charge is 2.05. The van der Waals surface area contributed by atoms with Crippen LogP contribution in [0.25, 0.3) is 11.1 Å². The van der Waals surface area contributed by atoms with Crippen LogP contribution in [0.1, 0.15) is 18.9 Å². The van der Waals surface area contributed by atoms with Crippen LogP contribution in [0.2, 0.25) is 5.02 Å². The molecule has 1 aromatic heterocycles. The van der Waals surface area contributed by atoms with Crippen molar-refractivity contribution in [1.82, 2.24) is 15.1 Å². The van der Waals surface area contributed by atoms with E-state index < -0.39 is 0 Å². The lowest BCUT2D eigenvalue weighted by Gasteiger charge is -2.06. The summed E-state index contributed by atoms with van der Waals surface area (Å²) >= 11 is 6.16. The molecule has 4 heteroatoms. The Kier molecular flexibility index (Phi) is 4.39. The molecule has 0 spiro atoms. The van der Waals surface area contributed by atoms with Crippen LogP contribution in [0.15, 0.2) is 30.6 Å². The van der Waals surface area contributed by atoms with Gasteiger partial charge < -0.3 is 5.32 Å². The maximum absolute atomic E-state index is 6.16. The van der Waals surface area contributed by atoms with Crippen molar-refractivity contribution in [1.29, 1.82) is 0 Å². The molecular formula is C14H18ClN3. The van der Waals surface area contributed by atoms with Crippen molar-refractivity contribution < 1.29 is 0 Å². The molecule has 0 unspecified atom stereocenters. The Morgan fingerprint density at radius 1 is 1.33 bits per heavy atom. The van der Waals surface area contributed by atoms with Gasteiger partial charge in [0.15, 0.2) is 0 Å². The second kappa shape index (κ2) is 6.03. The summed E-state index contributed by atoms with van der Waals surface area (Å²) in [5.41, 5.74) is 3.41. The van der Waals surface area contributed by atoms with Crippen molar-refractivity contribution in [2.24, 2.45) is 0 Å². The number of nitrogens with one attached hydrogen (secondary N) is 1. The Balaban J connectivity index is 2.28.